The lowest BCUT2D eigenvalue weighted by atomic mass is 9.90. The molecule has 4 nitrogen and oxygen atoms in total. The lowest BCUT2D eigenvalue weighted by Crippen LogP contribution is -2.41. The van der Waals surface area contributed by atoms with Crippen molar-refractivity contribution in [2.45, 2.75) is 25.8 Å². The summed E-state index contributed by atoms with van der Waals surface area (Å²) >= 11 is 6.29. The van der Waals surface area contributed by atoms with Gasteiger partial charge in [-0.2, -0.15) is 0 Å². The molecule has 5 heteroatoms. The van der Waals surface area contributed by atoms with Gasteiger partial charge in [0, 0.05) is 17.1 Å². The van der Waals surface area contributed by atoms with E-state index >= 15 is 0 Å². The summed E-state index contributed by atoms with van der Waals surface area (Å²) in [6.07, 6.45) is 1.58. The number of methoxy groups -OCH3 is 1. The number of rotatable bonds is 5. The maximum atomic E-state index is 11.6. The fourth-order valence-electron chi connectivity index (χ4n) is 3.79. The van der Waals surface area contributed by atoms with Gasteiger partial charge >= 0.3 is 5.97 Å². The van der Waals surface area contributed by atoms with Crippen LogP contribution in [0.4, 0.5) is 0 Å². The molecule has 0 saturated carbocycles. The third-order valence-corrected chi connectivity index (χ3v) is 5.25. The molecule has 2 unspecified atom stereocenters. The first kappa shape index (κ1) is 18.7. The van der Waals surface area contributed by atoms with Crippen LogP contribution in [-0.4, -0.2) is 36.2 Å². The summed E-state index contributed by atoms with van der Waals surface area (Å²) in [5.41, 5.74) is 3.26. The largest absolute Gasteiger partial charge is 0.496 e. The number of hydrogen-bond acceptors (Lipinski definition) is 3. The molecule has 0 aromatic heterocycles. The topological polar surface area (TPSA) is 49.8 Å². The Morgan fingerprint density at radius 3 is 2.81 bits per heavy atom. The van der Waals surface area contributed by atoms with Crippen molar-refractivity contribution < 1.29 is 14.6 Å². The molecule has 1 heterocycles. The summed E-state index contributed by atoms with van der Waals surface area (Å²) in [5, 5.41) is 10.1. The Bertz CT molecular complexity index is 793. The van der Waals surface area contributed by atoms with E-state index in [1.807, 2.05) is 24.3 Å². The van der Waals surface area contributed by atoms with Gasteiger partial charge in [0.1, 0.15) is 5.75 Å². The summed E-state index contributed by atoms with van der Waals surface area (Å²) in [6.45, 7) is 3.42. The predicted octanol–water partition coefficient (Wildman–Crippen LogP) is 4.54. The minimum absolute atomic E-state index is 0.0919. The van der Waals surface area contributed by atoms with Gasteiger partial charge in [-0.25, -0.2) is 0 Å². The molecular formula is C21H24ClNO3. The van der Waals surface area contributed by atoms with Crippen molar-refractivity contribution in [3.63, 3.8) is 0 Å². The number of nitrogens with zero attached hydrogens (tertiary/aromatic N) is 1. The summed E-state index contributed by atoms with van der Waals surface area (Å²) in [5.74, 6) is -0.310. The number of aryl methyl sites for hydroxylation is 1. The zero-order valence-electron chi connectivity index (χ0n) is 15.1. The summed E-state index contributed by atoms with van der Waals surface area (Å²) in [7, 11) is 1.65. The van der Waals surface area contributed by atoms with Crippen LogP contribution in [0.2, 0.25) is 5.02 Å². The predicted molar refractivity (Wildman–Crippen MR) is 103 cm³/mol. The van der Waals surface area contributed by atoms with Gasteiger partial charge in [-0.15, -0.1) is 0 Å². The van der Waals surface area contributed by atoms with Crippen molar-refractivity contribution in [1.29, 1.82) is 0 Å². The minimum atomic E-state index is -0.726. The average Bonchev–Trinajstić information content (AvgIpc) is 2.62. The van der Waals surface area contributed by atoms with Crippen molar-refractivity contribution in [2.75, 3.05) is 20.2 Å². The number of halogens is 1. The Hall–Kier alpha value is -2.04. The number of ether oxygens (including phenoxy) is 1. The zero-order chi connectivity index (χ0) is 18.7. The molecule has 0 spiro atoms. The van der Waals surface area contributed by atoms with E-state index in [9.17, 15) is 9.90 Å². The van der Waals surface area contributed by atoms with Crippen LogP contribution in [0.1, 0.15) is 35.6 Å². The van der Waals surface area contributed by atoms with Crippen LogP contribution >= 0.6 is 11.6 Å². The van der Waals surface area contributed by atoms with E-state index in [0.29, 0.717) is 11.6 Å². The highest BCUT2D eigenvalue weighted by atomic mass is 35.5. The summed E-state index contributed by atoms with van der Waals surface area (Å²) in [4.78, 5) is 13.8. The smallest absolute Gasteiger partial charge is 0.307 e. The fraction of sp³-hybridized carbons (Fsp3) is 0.381. The quantitative estimate of drug-likeness (QED) is 0.835. The van der Waals surface area contributed by atoms with Gasteiger partial charge in [0.2, 0.25) is 0 Å². The highest BCUT2D eigenvalue weighted by Gasteiger charge is 2.32. The molecular weight excluding hydrogens is 350 g/mol. The van der Waals surface area contributed by atoms with Gasteiger partial charge in [0.05, 0.1) is 19.1 Å². The molecule has 0 radical (unpaired) electrons. The first-order valence-electron chi connectivity index (χ1n) is 8.86. The van der Waals surface area contributed by atoms with Crippen LogP contribution in [0.5, 0.6) is 5.75 Å². The standard InChI is InChI=1S/C21H24ClNO3/c1-14-5-3-6-15(11-14)20(18-12-17(22)8-9-19(18)26-2)23-10-4-7-16(13-23)21(24)25/h3,5-6,8-9,11-12,16,20H,4,7,10,13H2,1-2H3,(H,24,25). The first-order valence-corrected chi connectivity index (χ1v) is 9.24. The molecule has 2 atom stereocenters. The molecule has 1 fully saturated rings. The maximum absolute atomic E-state index is 11.6. The minimum Gasteiger partial charge on any atom is -0.496 e. The first-order chi connectivity index (χ1) is 12.5. The molecule has 138 valence electrons. The van der Waals surface area contributed by atoms with Crippen LogP contribution in [0.25, 0.3) is 0 Å². The van der Waals surface area contributed by atoms with E-state index in [2.05, 4.69) is 30.0 Å². The lowest BCUT2D eigenvalue weighted by molar-refractivity contribution is -0.143. The van der Waals surface area contributed by atoms with Crippen LogP contribution in [0, 0.1) is 12.8 Å². The third-order valence-electron chi connectivity index (χ3n) is 5.01. The highest BCUT2D eigenvalue weighted by Crippen LogP contribution is 2.38. The second kappa shape index (κ2) is 8.11. The molecule has 0 bridgehead atoms. The second-order valence-electron chi connectivity index (χ2n) is 6.88. The van der Waals surface area contributed by atoms with Crippen LogP contribution in [-0.2, 0) is 4.79 Å². The number of carboxylic acid groups (broad SMARTS) is 1. The number of piperidine rings is 1. The molecule has 26 heavy (non-hydrogen) atoms. The molecule has 2 aromatic carbocycles. The van der Waals surface area contributed by atoms with E-state index < -0.39 is 5.97 Å². The summed E-state index contributed by atoms with van der Waals surface area (Å²) < 4.78 is 5.60. The van der Waals surface area contributed by atoms with Crippen LogP contribution in [0.15, 0.2) is 42.5 Å². The van der Waals surface area contributed by atoms with E-state index in [4.69, 9.17) is 16.3 Å². The molecule has 3 rings (SSSR count). The molecule has 1 aliphatic heterocycles. The summed E-state index contributed by atoms with van der Waals surface area (Å²) in [6, 6.07) is 13.9. The number of benzene rings is 2. The third kappa shape index (κ3) is 4.02. The van der Waals surface area contributed by atoms with Gasteiger partial charge in [-0.05, 0) is 50.1 Å². The van der Waals surface area contributed by atoms with Crippen molar-refractivity contribution in [1.82, 2.24) is 4.90 Å². The maximum Gasteiger partial charge on any atom is 0.307 e. The van der Waals surface area contributed by atoms with Gasteiger partial charge < -0.3 is 9.84 Å². The van der Waals surface area contributed by atoms with Crippen molar-refractivity contribution in [2.24, 2.45) is 5.92 Å². The van der Waals surface area contributed by atoms with E-state index in [-0.39, 0.29) is 12.0 Å². The molecule has 2 aromatic rings. The van der Waals surface area contributed by atoms with E-state index in [1.54, 1.807) is 7.11 Å². The fourth-order valence-corrected chi connectivity index (χ4v) is 3.97. The van der Waals surface area contributed by atoms with E-state index in [0.717, 1.165) is 36.3 Å². The molecule has 1 saturated heterocycles. The monoisotopic (exact) mass is 373 g/mol. The Morgan fingerprint density at radius 1 is 1.31 bits per heavy atom. The SMILES string of the molecule is COc1ccc(Cl)cc1C(c1cccc(C)c1)N1CCCC(C(=O)O)C1. The number of aliphatic carboxylic acids is 1. The molecule has 1 N–H and O–H groups in total. The Labute approximate surface area is 159 Å². The van der Waals surface area contributed by atoms with Crippen molar-refractivity contribution in [3.8, 4) is 5.75 Å². The Kier molecular flexibility index (Phi) is 5.84. The van der Waals surface area contributed by atoms with Gasteiger partial charge in [-0.1, -0.05) is 41.4 Å². The molecule has 0 amide bonds. The normalized spacial score (nSPS) is 19.1. The second-order valence-corrected chi connectivity index (χ2v) is 7.31. The number of carbonyl (C=O) groups is 1. The molecule has 0 aliphatic carbocycles. The van der Waals surface area contributed by atoms with Gasteiger partial charge in [-0.3, -0.25) is 9.69 Å². The van der Waals surface area contributed by atoms with Crippen LogP contribution in [0.3, 0.4) is 0 Å². The van der Waals surface area contributed by atoms with Gasteiger partial charge in [0.25, 0.3) is 0 Å². The Balaban J connectivity index is 2.08. The molecule has 1 aliphatic rings. The number of likely N-dealkylation sites (tertiary alicyclic amines) is 1. The lowest BCUT2D eigenvalue weighted by Gasteiger charge is -2.38. The Morgan fingerprint density at radius 2 is 2.12 bits per heavy atom. The van der Waals surface area contributed by atoms with Crippen molar-refractivity contribution >= 4 is 17.6 Å². The zero-order valence-corrected chi connectivity index (χ0v) is 15.9. The van der Waals surface area contributed by atoms with Gasteiger partial charge in [0.15, 0.2) is 0 Å². The average molecular weight is 374 g/mol. The van der Waals surface area contributed by atoms with E-state index in [1.165, 1.54) is 5.56 Å². The number of carboxylic acids is 1. The van der Waals surface area contributed by atoms with Crippen molar-refractivity contribution in [3.05, 3.63) is 64.2 Å². The highest BCUT2D eigenvalue weighted by molar-refractivity contribution is 6.30. The van der Waals surface area contributed by atoms with Crippen LogP contribution < -0.4 is 4.74 Å². The number of hydrogen-bond donors (Lipinski definition) is 1.